The Bertz CT molecular complexity index is 369. The first-order valence-electron chi connectivity index (χ1n) is 5.20. The van der Waals surface area contributed by atoms with Crippen LogP contribution in [0.5, 0.6) is 0 Å². The molecule has 0 unspecified atom stereocenters. The first-order chi connectivity index (χ1) is 7.40. The van der Waals surface area contributed by atoms with E-state index in [1.165, 1.54) is 0 Å². The zero-order valence-electron chi connectivity index (χ0n) is 10.4. The van der Waals surface area contributed by atoms with E-state index in [0.717, 1.165) is 11.4 Å². The van der Waals surface area contributed by atoms with Crippen LogP contribution >= 0.6 is 0 Å². The largest absolute Gasteiger partial charge is 0.347 e. The third kappa shape index (κ3) is 3.18. The second-order valence-corrected chi connectivity index (χ2v) is 4.07. The number of hydrogen-bond donors (Lipinski definition) is 1. The molecule has 1 amide bonds. The van der Waals surface area contributed by atoms with E-state index in [1.54, 1.807) is 25.9 Å². The Morgan fingerprint density at radius 1 is 1.31 bits per heavy atom. The van der Waals surface area contributed by atoms with Gasteiger partial charge in [0.25, 0.3) is 0 Å². The lowest BCUT2D eigenvalue weighted by Gasteiger charge is -2.18. The lowest BCUT2D eigenvalue weighted by molar-refractivity contribution is -0.129. The van der Waals surface area contributed by atoms with Crippen LogP contribution in [0.4, 0.5) is 5.95 Å². The maximum atomic E-state index is 11.6. The fourth-order valence-corrected chi connectivity index (χ4v) is 1.43. The molecule has 1 heterocycles. The zero-order valence-corrected chi connectivity index (χ0v) is 10.4. The number of aromatic nitrogens is 2. The van der Waals surface area contributed by atoms with Gasteiger partial charge >= 0.3 is 0 Å². The first kappa shape index (κ1) is 12.4. The Balaban J connectivity index is 2.76. The van der Waals surface area contributed by atoms with E-state index in [4.69, 9.17) is 0 Å². The maximum Gasteiger partial charge on any atom is 0.244 e. The molecular weight excluding hydrogens is 204 g/mol. The average Bonchev–Trinajstić information content (AvgIpc) is 2.14. The quantitative estimate of drug-likeness (QED) is 0.828. The van der Waals surface area contributed by atoms with Crippen molar-refractivity contribution < 1.29 is 4.79 Å². The summed E-state index contributed by atoms with van der Waals surface area (Å²) < 4.78 is 0. The first-order valence-corrected chi connectivity index (χ1v) is 5.20. The molecule has 0 fully saturated rings. The van der Waals surface area contributed by atoms with Crippen LogP contribution in [0.3, 0.4) is 0 Å². The molecule has 1 rings (SSSR count). The van der Waals surface area contributed by atoms with Crippen LogP contribution in [0.15, 0.2) is 6.07 Å². The summed E-state index contributed by atoms with van der Waals surface area (Å²) in [6, 6.07) is 1.57. The molecule has 16 heavy (non-hydrogen) atoms. The van der Waals surface area contributed by atoms with Gasteiger partial charge in [-0.05, 0) is 26.8 Å². The van der Waals surface area contributed by atoms with Gasteiger partial charge in [0.1, 0.15) is 6.04 Å². The molecule has 0 aromatic carbocycles. The summed E-state index contributed by atoms with van der Waals surface area (Å²) in [6.45, 7) is 5.60. The topological polar surface area (TPSA) is 58.1 Å². The number of nitrogens with one attached hydrogen (secondary N) is 1. The summed E-state index contributed by atoms with van der Waals surface area (Å²) in [7, 11) is 3.45. The van der Waals surface area contributed by atoms with Gasteiger partial charge in [0, 0.05) is 25.5 Å². The molecular formula is C11H18N4O. The highest BCUT2D eigenvalue weighted by molar-refractivity contribution is 5.83. The van der Waals surface area contributed by atoms with Gasteiger partial charge in [0.15, 0.2) is 0 Å². The summed E-state index contributed by atoms with van der Waals surface area (Å²) in [5, 5.41) is 2.99. The van der Waals surface area contributed by atoms with E-state index in [-0.39, 0.29) is 11.9 Å². The molecule has 1 atom stereocenters. The summed E-state index contributed by atoms with van der Waals surface area (Å²) in [5.74, 6) is 0.503. The Hall–Kier alpha value is -1.65. The van der Waals surface area contributed by atoms with Gasteiger partial charge in [-0.1, -0.05) is 0 Å². The highest BCUT2D eigenvalue weighted by Crippen LogP contribution is 2.05. The van der Waals surface area contributed by atoms with E-state index < -0.39 is 0 Å². The summed E-state index contributed by atoms with van der Waals surface area (Å²) >= 11 is 0. The molecule has 5 heteroatoms. The lowest BCUT2D eigenvalue weighted by Crippen LogP contribution is -2.37. The van der Waals surface area contributed by atoms with Crippen molar-refractivity contribution in [2.75, 3.05) is 19.4 Å². The van der Waals surface area contributed by atoms with Crippen LogP contribution in [-0.4, -0.2) is 40.9 Å². The Labute approximate surface area is 95.9 Å². The van der Waals surface area contributed by atoms with Crippen LogP contribution < -0.4 is 5.32 Å². The van der Waals surface area contributed by atoms with Gasteiger partial charge in [0.2, 0.25) is 11.9 Å². The van der Waals surface area contributed by atoms with Gasteiger partial charge in [-0.15, -0.1) is 0 Å². The SMILES string of the molecule is Cc1cc(C)nc(N[C@@H](C)C(=O)N(C)C)n1. The average molecular weight is 222 g/mol. The Morgan fingerprint density at radius 2 is 1.81 bits per heavy atom. The number of aryl methyl sites for hydroxylation is 2. The molecule has 0 aliphatic rings. The second-order valence-electron chi connectivity index (χ2n) is 4.07. The number of carbonyl (C=O) groups excluding carboxylic acids is 1. The van der Waals surface area contributed by atoms with Crippen molar-refractivity contribution >= 4 is 11.9 Å². The molecule has 5 nitrogen and oxygen atoms in total. The zero-order chi connectivity index (χ0) is 12.3. The summed E-state index contributed by atoms with van der Waals surface area (Å²) in [4.78, 5) is 21.6. The Morgan fingerprint density at radius 3 is 2.25 bits per heavy atom. The van der Waals surface area contributed by atoms with Crippen molar-refractivity contribution in [3.05, 3.63) is 17.5 Å². The summed E-state index contributed by atoms with van der Waals surface area (Å²) in [6.07, 6.45) is 0. The Kier molecular flexibility index (Phi) is 3.82. The van der Waals surface area contributed by atoms with Crippen molar-refractivity contribution in [2.24, 2.45) is 0 Å². The van der Waals surface area contributed by atoms with E-state index in [0.29, 0.717) is 5.95 Å². The standard InChI is InChI=1S/C11H18N4O/c1-7-6-8(2)13-11(12-7)14-9(3)10(16)15(4)5/h6,9H,1-5H3,(H,12,13,14)/t9-/m0/s1. The third-order valence-corrected chi connectivity index (χ3v) is 2.14. The van der Waals surface area contributed by atoms with Gasteiger partial charge in [-0.25, -0.2) is 9.97 Å². The predicted molar refractivity (Wildman–Crippen MR) is 63.3 cm³/mol. The molecule has 0 bridgehead atoms. The molecule has 1 aromatic heterocycles. The molecule has 1 N–H and O–H groups in total. The smallest absolute Gasteiger partial charge is 0.244 e. The normalized spacial score (nSPS) is 12.1. The van der Waals surface area contributed by atoms with Gasteiger partial charge in [-0.2, -0.15) is 0 Å². The number of carbonyl (C=O) groups is 1. The van der Waals surface area contributed by atoms with E-state index in [9.17, 15) is 4.79 Å². The van der Waals surface area contributed by atoms with Crippen LogP contribution in [-0.2, 0) is 4.79 Å². The molecule has 0 saturated carbocycles. The third-order valence-electron chi connectivity index (χ3n) is 2.14. The lowest BCUT2D eigenvalue weighted by atomic mass is 10.3. The van der Waals surface area contributed by atoms with E-state index >= 15 is 0 Å². The van der Waals surface area contributed by atoms with Gasteiger partial charge in [0.05, 0.1) is 0 Å². The molecule has 0 aliphatic carbocycles. The van der Waals surface area contributed by atoms with E-state index in [1.807, 2.05) is 19.9 Å². The molecule has 0 aliphatic heterocycles. The predicted octanol–water partition coefficient (Wildman–Crippen LogP) is 0.982. The van der Waals surface area contributed by atoms with Crippen molar-refractivity contribution in [1.29, 1.82) is 0 Å². The van der Waals surface area contributed by atoms with Gasteiger partial charge < -0.3 is 10.2 Å². The van der Waals surface area contributed by atoms with Crippen LogP contribution in [0, 0.1) is 13.8 Å². The van der Waals surface area contributed by atoms with Crippen LogP contribution in [0.2, 0.25) is 0 Å². The minimum Gasteiger partial charge on any atom is -0.347 e. The number of amides is 1. The minimum absolute atomic E-state index is 0.00255. The van der Waals surface area contributed by atoms with E-state index in [2.05, 4.69) is 15.3 Å². The van der Waals surface area contributed by atoms with Crippen molar-refractivity contribution in [2.45, 2.75) is 26.8 Å². The van der Waals surface area contributed by atoms with Crippen molar-refractivity contribution in [1.82, 2.24) is 14.9 Å². The van der Waals surface area contributed by atoms with Crippen molar-refractivity contribution in [3.63, 3.8) is 0 Å². The number of anilines is 1. The molecule has 0 spiro atoms. The molecule has 0 saturated heterocycles. The highest BCUT2D eigenvalue weighted by Gasteiger charge is 2.15. The highest BCUT2D eigenvalue weighted by atomic mass is 16.2. The maximum absolute atomic E-state index is 11.6. The monoisotopic (exact) mass is 222 g/mol. The number of likely N-dealkylation sites (N-methyl/N-ethyl adjacent to an activating group) is 1. The van der Waals surface area contributed by atoms with Crippen LogP contribution in [0.25, 0.3) is 0 Å². The van der Waals surface area contributed by atoms with Crippen LogP contribution in [0.1, 0.15) is 18.3 Å². The molecule has 88 valence electrons. The summed E-state index contributed by atoms with van der Waals surface area (Å²) in [5.41, 5.74) is 1.78. The fraction of sp³-hybridized carbons (Fsp3) is 0.545. The van der Waals surface area contributed by atoms with Gasteiger partial charge in [-0.3, -0.25) is 4.79 Å². The number of nitrogens with zero attached hydrogens (tertiary/aromatic N) is 3. The second kappa shape index (κ2) is 4.92. The van der Waals surface area contributed by atoms with Crippen molar-refractivity contribution in [3.8, 4) is 0 Å². The molecule has 0 radical (unpaired) electrons. The molecule has 1 aromatic rings. The number of hydrogen-bond acceptors (Lipinski definition) is 4. The fourth-order valence-electron chi connectivity index (χ4n) is 1.43. The minimum atomic E-state index is -0.323. The number of rotatable bonds is 3.